The van der Waals surface area contributed by atoms with Crippen LogP contribution in [-0.2, 0) is 9.53 Å². The van der Waals surface area contributed by atoms with Gasteiger partial charge in [0.05, 0.1) is 18.6 Å². The Morgan fingerprint density at radius 3 is 2.57 bits per heavy atom. The number of benzene rings is 1. The van der Waals surface area contributed by atoms with E-state index in [4.69, 9.17) is 9.47 Å². The van der Waals surface area contributed by atoms with Gasteiger partial charge in [0, 0.05) is 13.1 Å². The number of likely N-dealkylation sites (N-methyl/N-ethyl adjacent to an activating group) is 1. The van der Waals surface area contributed by atoms with Crippen molar-refractivity contribution in [3.63, 3.8) is 0 Å². The highest BCUT2D eigenvalue weighted by Gasteiger charge is 2.08. The zero-order valence-corrected chi connectivity index (χ0v) is 12.9. The third-order valence-corrected chi connectivity index (χ3v) is 3.00. The van der Waals surface area contributed by atoms with Crippen LogP contribution in [0.2, 0.25) is 0 Å². The third kappa shape index (κ3) is 6.40. The van der Waals surface area contributed by atoms with Crippen LogP contribution in [0.4, 0.5) is 0 Å². The van der Waals surface area contributed by atoms with Crippen LogP contribution in [0.3, 0.4) is 0 Å². The number of carbonyl (C=O) groups is 2. The molecule has 0 aliphatic heterocycles. The molecule has 0 fully saturated rings. The SMILES string of the molecule is CCOC(=O)CCN(C)CCOc1ccccc1C(C)=O. The van der Waals surface area contributed by atoms with Gasteiger partial charge in [0.1, 0.15) is 12.4 Å². The zero-order chi connectivity index (χ0) is 15.7. The number of ether oxygens (including phenoxy) is 2. The molecule has 0 amide bonds. The molecule has 0 unspecified atom stereocenters. The van der Waals surface area contributed by atoms with E-state index in [1.807, 2.05) is 24.1 Å². The smallest absolute Gasteiger partial charge is 0.307 e. The Balaban J connectivity index is 2.33. The van der Waals surface area contributed by atoms with Crippen LogP contribution in [0.5, 0.6) is 5.75 Å². The largest absolute Gasteiger partial charge is 0.491 e. The molecule has 0 bridgehead atoms. The highest BCUT2D eigenvalue weighted by atomic mass is 16.5. The molecule has 21 heavy (non-hydrogen) atoms. The number of Topliss-reactive ketones (excluding diaryl/α,β-unsaturated/α-hetero) is 1. The van der Waals surface area contributed by atoms with Gasteiger partial charge >= 0.3 is 5.97 Å². The van der Waals surface area contributed by atoms with Crippen molar-refractivity contribution in [2.75, 3.05) is 33.4 Å². The third-order valence-electron chi connectivity index (χ3n) is 3.00. The molecule has 0 aliphatic rings. The van der Waals surface area contributed by atoms with Crippen LogP contribution in [0, 0.1) is 0 Å². The fourth-order valence-corrected chi connectivity index (χ4v) is 1.82. The van der Waals surface area contributed by atoms with Crippen molar-refractivity contribution in [2.24, 2.45) is 0 Å². The van der Waals surface area contributed by atoms with E-state index in [0.29, 0.717) is 44.0 Å². The number of carbonyl (C=O) groups excluding carboxylic acids is 2. The molecule has 0 atom stereocenters. The Kier molecular flexibility index (Phi) is 7.46. The maximum absolute atomic E-state index is 11.5. The summed E-state index contributed by atoms with van der Waals surface area (Å²) in [5, 5.41) is 0. The highest BCUT2D eigenvalue weighted by Crippen LogP contribution is 2.18. The van der Waals surface area contributed by atoms with E-state index in [1.54, 1.807) is 19.1 Å². The lowest BCUT2D eigenvalue weighted by molar-refractivity contribution is -0.143. The summed E-state index contributed by atoms with van der Waals surface area (Å²) < 4.78 is 10.5. The second kappa shape index (κ2) is 9.13. The Labute approximate surface area is 125 Å². The molecule has 0 N–H and O–H groups in total. The number of esters is 1. The average Bonchev–Trinajstić information content (AvgIpc) is 2.46. The predicted octanol–water partition coefficient (Wildman–Crippen LogP) is 2.15. The lowest BCUT2D eigenvalue weighted by Crippen LogP contribution is -2.27. The summed E-state index contributed by atoms with van der Waals surface area (Å²) >= 11 is 0. The lowest BCUT2D eigenvalue weighted by atomic mass is 10.1. The van der Waals surface area contributed by atoms with E-state index in [0.717, 1.165) is 0 Å². The van der Waals surface area contributed by atoms with E-state index in [-0.39, 0.29) is 11.8 Å². The molecule has 0 aliphatic carbocycles. The highest BCUT2D eigenvalue weighted by molar-refractivity contribution is 5.96. The van der Waals surface area contributed by atoms with Crippen LogP contribution < -0.4 is 4.74 Å². The van der Waals surface area contributed by atoms with Gasteiger partial charge in [-0.3, -0.25) is 9.59 Å². The predicted molar refractivity (Wildman–Crippen MR) is 80.7 cm³/mol. The number of rotatable bonds is 9. The average molecular weight is 293 g/mol. The van der Waals surface area contributed by atoms with Gasteiger partial charge in [-0.05, 0) is 33.0 Å². The molecule has 1 aromatic carbocycles. The van der Waals surface area contributed by atoms with Gasteiger partial charge in [-0.25, -0.2) is 0 Å². The first-order valence-electron chi connectivity index (χ1n) is 7.11. The number of para-hydroxylation sites is 1. The maximum atomic E-state index is 11.5. The summed E-state index contributed by atoms with van der Waals surface area (Å²) in [5.41, 5.74) is 0.590. The zero-order valence-electron chi connectivity index (χ0n) is 12.9. The van der Waals surface area contributed by atoms with Crippen molar-refractivity contribution in [3.05, 3.63) is 29.8 Å². The molecule has 1 rings (SSSR count). The minimum absolute atomic E-state index is 0.0127. The van der Waals surface area contributed by atoms with Crippen LogP contribution in [0.15, 0.2) is 24.3 Å². The summed E-state index contributed by atoms with van der Waals surface area (Å²) in [7, 11) is 1.92. The maximum Gasteiger partial charge on any atom is 0.307 e. The van der Waals surface area contributed by atoms with Crippen LogP contribution >= 0.6 is 0 Å². The summed E-state index contributed by atoms with van der Waals surface area (Å²) in [6.45, 7) is 5.48. The molecule has 0 radical (unpaired) electrons. The van der Waals surface area contributed by atoms with Crippen molar-refractivity contribution >= 4 is 11.8 Å². The second-order valence-electron chi connectivity index (χ2n) is 4.76. The Morgan fingerprint density at radius 2 is 1.90 bits per heavy atom. The molecule has 0 saturated heterocycles. The van der Waals surface area contributed by atoms with Crippen molar-refractivity contribution in [1.29, 1.82) is 0 Å². The van der Waals surface area contributed by atoms with Crippen molar-refractivity contribution in [2.45, 2.75) is 20.3 Å². The number of hydrogen-bond acceptors (Lipinski definition) is 5. The van der Waals surface area contributed by atoms with Gasteiger partial charge in [0.25, 0.3) is 0 Å². The molecule has 0 saturated carbocycles. The van der Waals surface area contributed by atoms with Gasteiger partial charge in [-0.15, -0.1) is 0 Å². The summed E-state index contributed by atoms with van der Waals surface area (Å²) in [4.78, 5) is 24.7. The van der Waals surface area contributed by atoms with Crippen molar-refractivity contribution in [3.8, 4) is 5.75 Å². The first-order valence-corrected chi connectivity index (χ1v) is 7.11. The number of ketones is 1. The lowest BCUT2D eigenvalue weighted by Gasteiger charge is -2.17. The quantitative estimate of drug-likeness (QED) is 0.516. The van der Waals surface area contributed by atoms with Crippen LogP contribution in [0.1, 0.15) is 30.6 Å². The van der Waals surface area contributed by atoms with E-state index in [9.17, 15) is 9.59 Å². The topological polar surface area (TPSA) is 55.8 Å². The van der Waals surface area contributed by atoms with E-state index in [1.165, 1.54) is 6.92 Å². The first-order chi connectivity index (χ1) is 10.0. The molecule has 1 aromatic rings. The first kappa shape index (κ1) is 17.2. The molecule has 0 spiro atoms. The fourth-order valence-electron chi connectivity index (χ4n) is 1.82. The van der Waals surface area contributed by atoms with Crippen molar-refractivity contribution < 1.29 is 19.1 Å². The molecule has 0 heterocycles. The molecular formula is C16H23NO4. The van der Waals surface area contributed by atoms with E-state index < -0.39 is 0 Å². The summed E-state index contributed by atoms with van der Waals surface area (Å²) in [5.74, 6) is 0.400. The number of hydrogen-bond donors (Lipinski definition) is 0. The molecular weight excluding hydrogens is 270 g/mol. The molecule has 5 nitrogen and oxygen atoms in total. The van der Waals surface area contributed by atoms with Crippen LogP contribution in [-0.4, -0.2) is 50.0 Å². The van der Waals surface area contributed by atoms with Gasteiger partial charge in [0.2, 0.25) is 0 Å². The molecule has 0 aromatic heterocycles. The van der Waals surface area contributed by atoms with E-state index >= 15 is 0 Å². The van der Waals surface area contributed by atoms with E-state index in [2.05, 4.69) is 0 Å². The normalized spacial score (nSPS) is 10.5. The van der Waals surface area contributed by atoms with Gasteiger partial charge in [-0.2, -0.15) is 0 Å². The number of nitrogens with zero attached hydrogens (tertiary/aromatic N) is 1. The van der Waals surface area contributed by atoms with Crippen molar-refractivity contribution in [1.82, 2.24) is 4.90 Å². The summed E-state index contributed by atoms with van der Waals surface area (Å²) in [6.07, 6.45) is 0.369. The van der Waals surface area contributed by atoms with Gasteiger partial charge in [0.15, 0.2) is 5.78 Å². The monoisotopic (exact) mass is 293 g/mol. The molecule has 5 heteroatoms. The fraction of sp³-hybridized carbons (Fsp3) is 0.500. The second-order valence-corrected chi connectivity index (χ2v) is 4.76. The minimum atomic E-state index is -0.188. The van der Waals surface area contributed by atoms with Crippen LogP contribution in [0.25, 0.3) is 0 Å². The Morgan fingerprint density at radius 1 is 1.19 bits per heavy atom. The Bertz CT molecular complexity index is 473. The summed E-state index contributed by atoms with van der Waals surface area (Å²) in [6, 6.07) is 7.19. The Hall–Kier alpha value is -1.88. The minimum Gasteiger partial charge on any atom is -0.491 e. The van der Waals surface area contributed by atoms with Gasteiger partial charge in [-0.1, -0.05) is 12.1 Å². The van der Waals surface area contributed by atoms with Gasteiger partial charge < -0.3 is 14.4 Å². The molecule has 116 valence electrons. The standard InChI is InChI=1S/C16H23NO4/c1-4-20-16(19)9-10-17(3)11-12-21-15-8-6-5-7-14(15)13(2)18/h5-8H,4,9-12H2,1-3H3.